The molecule has 0 amide bonds. The van der Waals surface area contributed by atoms with Crippen LogP contribution in [0.5, 0.6) is 0 Å². The smallest absolute Gasteiger partial charge is 0.368 e. The summed E-state index contributed by atoms with van der Waals surface area (Å²) in [4.78, 5) is 23.2. The maximum absolute atomic E-state index is 11.1. The molecule has 116 valence electrons. The molecule has 0 aromatic carbocycles. The maximum Gasteiger partial charge on any atom is 0.368 e. The van der Waals surface area contributed by atoms with E-state index in [1.165, 1.54) is 0 Å². The molecule has 0 spiro atoms. The van der Waals surface area contributed by atoms with Gasteiger partial charge in [-0.1, -0.05) is 5.16 Å². The van der Waals surface area contributed by atoms with Gasteiger partial charge in [0, 0.05) is 6.54 Å². The number of ether oxygens (including phenoxy) is 1. The predicted octanol–water partition coefficient (Wildman–Crippen LogP) is 1.14. The number of carbonyl (C=O) groups excluding carboxylic acids is 1. The minimum Gasteiger partial charge on any atom is -0.480 e. The molecule has 0 bridgehead atoms. The van der Waals surface area contributed by atoms with Crippen LogP contribution in [0.2, 0.25) is 0 Å². The molecule has 0 fully saturated rings. The molecule has 0 aromatic heterocycles. The van der Waals surface area contributed by atoms with E-state index in [-0.39, 0.29) is 6.73 Å². The molecule has 0 radical (unpaired) electrons. The van der Waals surface area contributed by atoms with E-state index < -0.39 is 17.3 Å². The number of carbonyl (C=O) groups is 2. The summed E-state index contributed by atoms with van der Waals surface area (Å²) in [6.07, 6.45) is 3.22. The van der Waals surface area contributed by atoms with E-state index in [9.17, 15) is 9.59 Å². The summed E-state index contributed by atoms with van der Waals surface area (Å²) >= 11 is 0.950. The third kappa shape index (κ3) is 7.85. The van der Waals surface area contributed by atoms with E-state index >= 15 is 0 Å². The first-order valence-electron chi connectivity index (χ1n) is 6.05. The molecular weight excluding hydrogens is 286 g/mol. The fraction of sp³-hybridized carbons (Fsp3) is 0.727. The number of aliphatic carboxylic acids is 1. The molecule has 1 atom stereocenters. The first-order chi connectivity index (χ1) is 9.42. The Morgan fingerprint density at radius 3 is 2.60 bits per heavy atom. The van der Waals surface area contributed by atoms with Crippen molar-refractivity contribution in [2.45, 2.75) is 32.2 Å². The molecule has 0 saturated carbocycles. The molecule has 0 aromatic rings. The van der Waals surface area contributed by atoms with Crippen LogP contribution in [0.25, 0.3) is 0 Å². The van der Waals surface area contributed by atoms with Gasteiger partial charge >= 0.3 is 11.3 Å². The lowest BCUT2D eigenvalue weighted by Gasteiger charge is -2.22. The van der Waals surface area contributed by atoms with E-state index in [1.54, 1.807) is 18.1 Å². The average molecular weight is 307 g/mol. The van der Waals surface area contributed by atoms with Gasteiger partial charge < -0.3 is 25.7 Å². The quantitative estimate of drug-likeness (QED) is 0.116. The molecule has 9 heteroatoms. The zero-order chi connectivity index (χ0) is 15.5. The summed E-state index contributed by atoms with van der Waals surface area (Å²) in [5, 5.41) is 20.0. The van der Waals surface area contributed by atoms with Crippen molar-refractivity contribution < 1.29 is 24.6 Å². The van der Waals surface area contributed by atoms with Crippen LogP contribution in [-0.4, -0.2) is 57.9 Å². The Balaban J connectivity index is 4.11. The largest absolute Gasteiger partial charge is 0.480 e. The summed E-state index contributed by atoms with van der Waals surface area (Å²) in [5.74, 6) is -0.703. The Kier molecular flexibility index (Phi) is 9.56. The number of nitrogens with zero attached hydrogens (tertiary/aromatic N) is 2. The molecular formula is C11H21N3O5S. The first-order valence-corrected chi connectivity index (χ1v) is 7.27. The van der Waals surface area contributed by atoms with Gasteiger partial charge in [-0.05, 0) is 44.2 Å². The van der Waals surface area contributed by atoms with E-state index in [0.717, 1.165) is 11.8 Å². The average Bonchev–Trinajstić information content (AvgIpc) is 2.44. The van der Waals surface area contributed by atoms with Crippen molar-refractivity contribution >= 4 is 28.9 Å². The number of oxime groups is 1. The second-order valence-electron chi connectivity index (χ2n) is 4.08. The van der Waals surface area contributed by atoms with E-state index in [2.05, 4.69) is 5.16 Å². The number of hydrogen-bond donors (Lipinski definition) is 3. The molecule has 0 aliphatic carbocycles. The van der Waals surface area contributed by atoms with Crippen molar-refractivity contribution in [2.75, 3.05) is 19.5 Å². The van der Waals surface area contributed by atoms with Crippen LogP contribution < -0.4 is 5.73 Å². The third-order valence-corrected chi connectivity index (χ3v) is 3.07. The van der Waals surface area contributed by atoms with Crippen LogP contribution in [0.4, 0.5) is 4.79 Å². The van der Waals surface area contributed by atoms with Crippen molar-refractivity contribution in [3.8, 4) is 0 Å². The highest BCUT2D eigenvalue weighted by atomic mass is 32.2. The van der Waals surface area contributed by atoms with Crippen LogP contribution in [0.3, 0.4) is 0 Å². The van der Waals surface area contributed by atoms with Gasteiger partial charge in [-0.3, -0.25) is 4.79 Å². The number of carboxylic acids is 1. The second-order valence-corrected chi connectivity index (χ2v) is 4.82. The summed E-state index contributed by atoms with van der Waals surface area (Å²) in [6, 6.07) is -0.870. The van der Waals surface area contributed by atoms with Crippen LogP contribution in [0, 0.1) is 0 Å². The number of nitrogens with two attached hydrogens (primary N) is 1. The summed E-state index contributed by atoms with van der Waals surface area (Å²) in [5.41, 5.74) is 5.39. The van der Waals surface area contributed by atoms with Gasteiger partial charge in [0.2, 0.25) is 0 Å². The molecule has 0 aliphatic rings. The normalized spacial score (nSPS) is 12.8. The van der Waals surface area contributed by atoms with Gasteiger partial charge in [-0.25, -0.2) is 4.79 Å². The minimum atomic E-state index is -1.02. The van der Waals surface area contributed by atoms with E-state index in [0.29, 0.717) is 31.6 Å². The van der Waals surface area contributed by atoms with E-state index in [1.807, 2.05) is 0 Å². The molecule has 0 saturated heterocycles. The number of amidine groups is 1. The Hall–Kier alpha value is -1.48. The molecule has 8 nitrogen and oxygen atoms in total. The second kappa shape index (κ2) is 10.3. The summed E-state index contributed by atoms with van der Waals surface area (Å²) in [6.45, 7) is 2.04. The predicted molar refractivity (Wildman–Crippen MR) is 75.9 cm³/mol. The third-order valence-electron chi connectivity index (χ3n) is 2.62. The lowest BCUT2D eigenvalue weighted by molar-refractivity contribution is -0.138. The fourth-order valence-electron chi connectivity index (χ4n) is 1.36. The number of hydrogen-bond acceptors (Lipinski definition) is 7. The molecule has 0 aliphatic heterocycles. The maximum atomic E-state index is 11.1. The van der Waals surface area contributed by atoms with Crippen molar-refractivity contribution in [1.29, 1.82) is 0 Å². The van der Waals surface area contributed by atoms with Crippen LogP contribution in [0.1, 0.15) is 26.2 Å². The molecule has 4 N–H and O–H groups in total. The Labute approximate surface area is 121 Å². The van der Waals surface area contributed by atoms with Crippen molar-refractivity contribution in [1.82, 2.24) is 4.90 Å². The van der Waals surface area contributed by atoms with Crippen molar-refractivity contribution in [3.63, 3.8) is 0 Å². The highest BCUT2D eigenvalue weighted by Gasteiger charge is 2.13. The van der Waals surface area contributed by atoms with Gasteiger partial charge in [-0.2, -0.15) is 0 Å². The molecule has 0 heterocycles. The van der Waals surface area contributed by atoms with Gasteiger partial charge in [0.15, 0.2) is 6.73 Å². The van der Waals surface area contributed by atoms with Crippen LogP contribution >= 0.6 is 11.8 Å². The Bertz CT molecular complexity index is 351. The first kappa shape index (κ1) is 18.5. The molecule has 20 heavy (non-hydrogen) atoms. The minimum absolute atomic E-state index is 0.0133. The number of rotatable bonds is 8. The van der Waals surface area contributed by atoms with Gasteiger partial charge in [0.1, 0.15) is 11.9 Å². The summed E-state index contributed by atoms with van der Waals surface area (Å²) < 4.78 is 4.93. The lowest BCUT2D eigenvalue weighted by Crippen LogP contribution is -2.33. The number of carboxylic acid groups (broad SMARTS) is 1. The fourth-order valence-corrected chi connectivity index (χ4v) is 1.53. The summed E-state index contributed by atoms with van der Waals surface area (Å²) in [7, 11) is 0. The van der Waals surface area contributed by atoms with Gasteiger partial charge in [-0.15, -0.1) is 0 Å². The number of unbranched alkanes of at least 4 members (excludes halogenated alkanes) is 1. The zero-order valence-corrected chi connectivity index (χ0v) is 12.4. The number of thioether (sulfide) groups is 1. The van der Waals surface area contributed by atoms with E-state index in [4.69, 9.17) is 20.8 Å². The topological polar surface area (TPSA) is 125 Å². The lowest BCUT2D eigenvalue weighted by atomic mass is 10.1. The SMILES string of the molecule is CSC(=O)OCN(CCCCC(N)C(=O)O)C(C)=NO. The Morgan fingerprint density at radius 1 is 1.45 bits per heavy atom. The van der Waals surface area contributed by atoms with Crippen molar-refractivity contribution in [2.24, 2.45) is 10.9 Å². The van der Waals surface area contributed by atoms with Crippen molar-refractivity contribution in [3.05, 3.63) is 0 Å². The highest BCUT2D eigenvalue weighted by Crippen LogP contribution is 2.05. The molecule has 0 rings (SSSR count). The zero-order valence-electron chi connectivity index (χ0n) is 11.6. The van der Waals surface area contributed by atoms with Gasteiger partial charge in [0.05, 0.1) is 0 Å². The Morgan fingerprint density at radius 2 is 2.10 bits per heavy atom. The van der Waals surface area contributed by atoms with Crippen LogP contribution in [0.15, 0.2) is 5.16 Å². The van der Waals surface area contributed by atoms with Gasteiger partial charge in [0.25, 0.3) is 0 Å². The monoisotopic (exact) mass is 307 g/mol. The van der Waals surface area contributed by atoms with Crippen LogP contribution in [-0.2, 0) is 9.53 Å². The highest BCUT2D eigenvalue weighted by molar-refractivity contribution is 8.12. The standard InChI is InChI=1S/C11H21N3O5S/c1-8(13-18)14(7-19-11(17)20-2)6-4-3-5-9(12)10(15)16/h9,18H,3-7,12H2,1-2H3,(H,15,16). The molecule has 1 unspecified atom stereocenters.